The average Bonchev–Trinajstić information content (AvgIpc) is 0. The molecular formula is H2CaMnSeTiW. The molecule has 0 aromatic heterocycles. The van der Waals surface area contributed by atoms with E-state index in [0.717, 1.165) is 0 Å². The van der Waals surface area contributed by atoms with Gasteiger partial charge in [-0.2, -0.15) is 0 Å². The Labute approximate surface area is 112 Å². The first kappa shape index (κ1) is 37.7. The van der Waals surface area contributed by atoms with Crippen LogP contribution in [0, 0.1) is 0 Å². The van der Waals surface area contributed by atoms with Crippen LogP contribution in [0.1, 0.15) is 0 Å². The van der Waals surface area contributed by atoms with Gasteiger partial charge in [0.25, 0.3) is 0 Å². The Morgan fingerprint density at radius 1 is 1.00 bits per heavy atom. The molecule has 0 saturated heterocycles. The van der Waals surface area contributed by atoms with Crippen LogP contribution >= 0.6 is 0 Å². The monoisotopic (exact) mass is 409 g/mol. The quantitative estimate of drug-likeness (QED) is 0.438. The molecule has 0 aromatic carbocycles. The van der Waals surface area contributed by atoms with Crippen molar-refractivity contribution >= 4 is 54.8 Å². The second-order valence-corrected chi connectivity index (χ2v) is 0. The molecule has 0 saturated carbocycles. The number of hydrogen-bond donors (Lipinski definition) is 0. The molecule has 0 aliphatic carbocycles. The summed E-state index contributed by atoms with van der Waals surface area (Å²) in [5.41, 5.74) is 0. The molecular weight excluding hydrogens is 406 g/mol. The minimum absolute atomic E-state index is 0. The molecule has 0 fully saturated rings. The molecule has 0 nitrogen and oxygen atoms in total. The van der Waals surface area contributed by atoms with Crippen LogP contribution in [0.25, 0.3) is 0 Å². The van der Waals surface area contributed by atoms with Crippen molar-refractivity contribution in [3.63, 3.8) is 0 Å². The Balaban J connectivity index is 0. The van der Waals surface area contributed by atoms with Crippen molar-refractivity contribution in [2.24, 2.45) is 0 Å². The van der Waals surface area contributed by atoms with Gasteiger partial charge in [0.2, 0.25) is 0 Å². The van der Waals surface area contributed by atoms with Crippen molar-refractivity contribution in [2.75, 3.05) is 0 Å². The minimum Gasteiger partial charge on any atom is 0 e. The predicted molar refractivity (Wildman–Crippen MR) is 14.3 cm³/mol. The van der Waals surface area contributed by atoms with Crippen LogP contribution in [-0.4, -0.2) is 54.8 Å². The van der Waals surface area contributed by atoms with Gasteiger partial charge in [-0.15, -0.1) is 0 Å². The summed E-state index contributed by atoms with van der Waals surface area (Å²) < 4.78 is 0. The van der Waals surface area contributed by atoms with Crippen molar-refractivity contribution in [1.29, 1.82) is 0 Å². The Hall–Kier alpha value is 3.70. The summed E-state index contributed by atoms with van der Waals surface area (Å²) in [6.45, 7) is 0. The summed E-state index contributed by atoms with van der Waals surface area (Å²) >= 11 is 0. The Morgan fingerprint density at radius 2 is 1.00 bits per heavy atom. The zero-order valence-electron chi connectivity index (χ0n) is 1.69. The molecule has 3 radical (unpaired) electrons. The summed E-state index contributed by atoms with van der Waals surface area (Å²) in [6.07, 6.45) is 0. The largest absolute Gasteiger partial charge is 0 e. The van der Waals surface area contributed by atoms with E-state index >= 15 is 0 Å². The Kier molecular flexibility index (Phi) is 190. The fourth-order valence-electron chi connectivity index (χ4n) is 0. The van der Waals surface area contributed by atoms with Crippen LogP contribution in [0.5, 0.6) is 0 Å². The number of rotatable bonds is 0. The standard InChI is InChI=1S/Ca.Mn.Se.Ti.W.2H. The summed E-state index contributed by atoms with van der Waals surface area (Å²) in [5, 5.41) is 0. The van der Waals surface area contributed by atoms with E-state index < -0.39 is 0 Å². The second-order valence-electron chi connectivity index (χ2n) is 0. The summed E-state index contributed by atoms with van der Waals surface area (Å²) in [4.78, 5) is 0. The molecule has 0 aromatic rings. The van der Waals surface area contributed by atoms with Crippen LogP contribution in [0.4, 0.5) is 0 Å². The van der Waals surface area contributed by atoms with Crippen molar-refractivity contribution < 1.29 is 59.9 Å². The molecule has 5 heavy (non-hydrogen) atoms. The molecule has 0 amide bonds. The third-order valence-corrected chi connectivity index (χ3v) is 0. The maximum atomic E-state index is 0. The van der Waals surface area contributed by atoms with Crippen LogP contribution < -0.4 is 0 Å². The van der Waals surface area contributed by atoms with Crippen LogP contribution in [0.2, 0.25) is 0 Å². The molecule has 0 aliphatic rings. The van der Waals surface area contributed by atoms with Gasteiger partial charge in [0.15, 0.2) is 0 Å². The molecule has 0 N–H and O–H groups in total. The van der Waals surface area contributed by atoms with Crippen molar-refractivity contribution in [1.82, 2.24) is 0 Å². The van der Waals surface area contributed by atoms with Crippen LogP contribution in [-0.2, 0) is 59.9 Å². The van der Waals surface area contributed by atoms with Gasteiger partial charge in [-0.3, -0.25) is 0 Å². The van der Waals surface area contributed by atoms with E-state index in [1.165, 1.54) is 0 Å². The summed E-state index contributed by atoms with van der Waals surface area (Å²) in [7, 11) is 0. The molecule has 0 spiro atoms. The topological polar surface area (TPSA) is 0 Å². The molecule has 0 aliphatic heterocycles. The normalized spacial score (nSPS) is 0. The Bertz CT molecular complexity index is 11.6. The van der Waals surface area contributed by atoms with E-state index in [9.17, 15) is 0 Å². The molecule has 27 valence electrons. The Morgan fingerprint density at radius 3 is 1.00 bits per heavy atom. The first-order valence-corrected chi connectivity index (χ1v) is 0. The predicted octanol–water partition coefficient (Wildman–Crippen LogP) is -1.30. The first-order valence-electron chi connectivity index (χ1n) is 0. The van der Waals surface area contributed by atoms with Crippen LogP contribution in [0.3, 0.4) is 0 Å². The maximum Gasteiger partial charge on any atom is 0 e. The molecule has 0 bridgehead atoms. The zero-order valence-corrected chi connectivity index (χ0v) is 9.08. The summed E-state index contributed by atoms with van der Waals surface area (Å²) in [5.74, 6) is 0. The fraction of sp³-hybridized carbons (Fsp3) is 0. The maximum absolute atomic E-state index is 0. The van der Waals surface area contributed by atoms with Gasteiger partial charge in [0, 0.05) is 76.9 Å². The minimum atomic E-state index is 0. The van der Waals surface area contributed by atoms with E-state index in [0.29, 0.717) is 0 Å². The smallest absolute Gasteiger partial charge is 0 e. The molecule has 5 heteroatoms. The number of hydrogen-bond acceptors (Lipinski definition) is 0. The molecule has 0 heterocycles. The third kappa shape index (κ3) is 18.3. The second kappa shape index (κ2) is 25.2. The van der Waals surface area contributed by atoms with Gasteiger partial charge < -0.3 is 0 Å². The van der Waals surface area contributed by atoms with Crippen LogP contribution in [0.15, 0.2) is 0 Å². The fourth-order valence-corrected chi connectivity index (χ4v) is 0. The van der Waals surface area contributed by atoms with Crippen molar-refractivity contribution in [3.8, 4) is 0 Å². The molecule has 0 atom stereocenters. The van der Waals surface area contributed by atoms with Gasteiger partial charge in [0.05, 0.1) is 0 Å². The van der Waals surface area contributed by atoms with Gasteiger partial charge in [-0.1, -0.05) is 0 Å². The third-order valence-electron chi connectivity index (χ3n) is 0. The van der Waals surface area contributed by atoms with E-state index in [2.05, 4.69) is 0 Å². The zero-order chi connectivity index (χ0) is 0. The van der Waals surface area contributed by atoms with Crippen molar-refractivity contribution in [3.05, 3.63) is 0 Å². The van der Waals surface area contributed by atoms with Crippen molar-refractivity contribution in [2.45, 2.75) is 0 Å². The van der Waals surface area contributed by atoms with E-state index in [-0.39, 0.29) is 115 Å². The molecule has 0 unspecified atom stereocenters. The average molecular weight is 408 g/mol. The van der Waals surface area contributed by atoms with Gasteiger partial charge in [-0.05, 0) is 0 Å². The SMILES string of the molecule is [CaH2].[Mn].[Se].[Ti].[W]. The van der Waals surface area contributed by atoms with Gasteiger partial charge >= 0.3 is 37.7 Å². The van der Waals surface area contributed by atoms with Gasteiger partial charge in [0.1, 0.15) is 0 Å². The van der Waals surface area contributed by atoms with Gasteiger partial charge in [-0.25, -0.2) is 0 Å². The molecule has 0 rings (SSSR count). The van der Waals surface area contributed by atoms with E-state index in [1.54, 1.807) is 0 Å². The summed E-state index contributed by atoms with van der Waals surface area (Å²) in [6, 6.07) is 0. The van der Waals surface area contributed by atoms with E-state index in [4.69, 9.17) is 0 Å². The first-order chi connectivity index (χ1) is 0. The van der Waals surface area contributed by atoms with E-state index in [1.807, 2.05) is 0 Å².